The maximum absolute atomic E-state index is 13.8. The Kier molecular flexibility index (Phi) is 11.2. The summed E-state index contributed by atoms with van der Waals surface area (Å²) in [4.78, 5) is 28.4. The summed E-state index contributed by atoms with van der Waals surface area (Å²) in [6.45, 7) is 5.99. The standard InChI is InChI=1S/C27H39N3O6S/c1-7-9-16-28-27(32)23(8-2)29(18-21-13-11-10-12-20(21)3)26(31)19-30(37(6,33)34)24-15-14-22(35-4)17-25(24)36-5/h10-15,17,23H,7-9,16,18-19H2,1-6H3,(H,28,32)/t23-/m0/s1. The predicted molar refractivity (Wildman–Crippen MR) is 145 cm³/mol. The summed E-state index contributed by atoms with van der Waals surface area (Å²) in [6, 6.07) is 11.5. The van der Waals surface area contributed by atoms with Crippen molar-refractivity contribution in [2.75, 3.05) is 37.9 Å². The first kappa shape index (κ1) is 30.0. The smallest absolute Gasteiger partial charge is 0.244 e. The lowest BCUT2D eigenvalue weighted by Crippen LogP contribution is -2.52. The Labute approximate surface area is 220 Å². The number of aryl methyl sites for hydroxylation is 1. The molecular weight excluding hydrogens is 494 g/mol. The average Bonchev–Trinajstić information content (AvgIpc) is 2.87. The van der Waals surface area contributed by atoms with E-state index in [2.05, 4.69) is 5.32 Å². The van der Waals surface area contributed by atoms with Gasteiger partial charge in [-0.3, -0.25) is 13.9 Å². The van der Waals surface area contributed by atoms with Crippen molar-refractivity contribution in [3.8, 4) is 11.5 Å². The summed E-state index contributed by atoms with van der Waals surface area (Å²) in [5, 5.41) is 2.92. The van der Waals surface area contributed by atoms with E-state index in [1.807, 2.05) is 45.0 Å². The number of hydrogen-bond donors (Lipinski definition) is 1. The van der Waals surface area contributed by atoms with E-state index in [1.54, 1.807) is 12.1 Å². The zero-order valence-corrected chi connectivity index (χ0v) is 23.4. The molecule has 0 heterocycles. The van der Waals surface area contributed by atoms with Crippen molar-refractivity contribution in [1.82, 2.24) is 10.2 Å². The quantitative estimate of drug-likeness (QED) is 0.373. The van der Waals surface area contributed by atoms with E-state index in [-0.39, 0.29) is 23.9 Å². The molecular formula is C27H39N3O6S. The van der Waals surface area contributed by atoms with Crippen molar-refractivity contribution in [3.63, 3.8) is 0 Å². The highest BCUT2D eigenvalue weighted by molar-refractivity contribution is 7.92. The highest BCUT2D eigenvalue weighted by atomic mass is 32.2. The van der Waals surface area contributed by atoms with Crippen LogP contribution in [0.15, 0.2) is 42.5 Å². The largest absolute Gasteiger partial charge is 0.497 e. The van der Waals surface area contributed by atoms with Crippen LogP contribution in [0, 0.1) is 6.92 Å². The summed E-state index contributed by atoms with van der Waals surface area (Å²) in [6.07, 6.45) is 3.16. The lowest BCUT2D eigenvalue weighted by Gasteiger charge is -2.33. The fourth-order valence-electron chi connectivity index (χ4n) is 3.98. The van der Waals surface area contributed by atoms with E-state index in [1.165, 1.54) is 25.2 Å². The van der Waals surface area contributed by atoms with Gasteiger partial charge in [0.25, 0.3) is 0 Å². The summed E-state index contributed by atoms with van der Waals surface area (Å²) in [7, 11) is -0.978. The molecule has 0 aliphatic heterocycles. The molecule has 1 atom stereocenters. The zero-order valence-electron chi connectivity index (χ0n) is 22.6. The number of amides is 2. The topological polar surface area (TPSA) is 105 Å². The Hall–Kier alpha value is -3.27. The molecule has 0 fully saturated rings. The van der Waals surface area contributed by atoms with Crippen LogP contribution in [0.2, 0.25) is 0 Å². The number of hydrogen-bond acceptors (Lipinski definition) is 6. The summed E-state index contributed by atoms with van der Waals surface area (Å²) >= 11 is 0. The van der Waals surface area contributed by atoms with Gasteiger partial charge in [0, 0.05) is 19.2 Å². The maximum Gasteiger partial charge on any atom is 0.244 e. The van der Waals surface area contributed by atoms with Gasteiger partial charge in [0.2, 0.25) is 21.8 Å². The zero-order chi connectivity index (χ0) is 27.6. The van der Waals surface area contributed by atoms with Gasteiger partial charge in [-0.15, -0.1) is 0 Å². The van der Waals surface area contributed by atoms with E-state index < -0.39 is 28.5 Å². The molecule has 2 rings (SSSR count). The van der Waals surface area contributed by atoms with Crippen molar-refractivity contribution in [3.05, 3.63) is 53.6 Å². The number of rotatable bonds is 14. The first-order valence-corrected chi connectivity index (χ1v) is 14.2. The maximum atomic E-state index is 13.8. The van der Waals surface area contributed by atoms with Crippen LogP contribution in [0.25, 0.3) is 0 Å². The highest BCUT2D eigenvalue weighted by Crippen LogP contribution is 2.33. The van der Waals surface area contributed by atoms with E-state index in [0.29, 0.717) is 18.7 Å². The van der Waals surface area contributed by atoms with Crippen LogP contribution >= 0.6 is 0 Å². The Morgan fingerprint density at radius 1 is 1.05 bits per heavy atom. The molecule has 0 saturated carbocycles. The Bertz CT molecular complexity index is 1170. The van der Waals surface area contributed by atoms with Crippen molar-refractivity contribution >= 4 is 27.5 Å². The molecule has 2 aromatic rings. The number of unbranched alkanes of at least 4 members (excludes halogenated alkanes) is 1. The number of carbonyl (C=O) groups excluding carboxylic acids is 2. The van der Waals surface area contributed by atoms with Crippen molar-refractivity contribution in [1.29, 1.82) is 0 Å². The van der Waals surface area contributed by atoms with Gasteiger partial charge in [-0.05, 0) is 43.0 Å². The van der Waals surface area contributed by atoms with Crippen molar-refractivity contribution in [2.45, 2.75) is 52.6 Å². The van der Waals surface area contributed by atoms with E-state index in [0.717, 1.165) is 34.5 Å². The molecule has 2 amide bonds. The molecule has 9 nitrogen and oxygen atoms in total. The molecule has 10 heteroatoms. The second kappa shape index (κ2) is 13.9. The van der Waals surface area contributed by atoms with Crippen LogP contribution in [0.5, 0.6) is 11.5 Å². The van der Waals surface area contributed by atoms with Crippen LogP contribution < -0.4 is 19.1 Å². The molecule has 0 saturated heterocycles. The lowest BCUT2D eigenvalue weighted by atomic mass is 10.1. The molecule has 0 radical (unpaired) electrons. The van der Waals surface area contributed by atoms with Gasteiger partial charge in [-0.2, -0.15) is 0 Å². The minimum absolute atomic E-state index is 0.169. The molecule has 2 aromatic carbocycles. The Balaban J connectivity index is 2.49. The molecule has 0 unspecified atom stereocenters. The lowest BCUT2D eigenvalue weighted by molar-refractivity contribution is -0.140. The molecule has 0 aromatic heterocycles. The van der Waals surface area contributed by atoms with Crippen LogP contribution in [0.4, 0.5) is 5.69 Å². The number of anilines is 1. The number of benzene rings is 2. The fraction of sp³-hybridized carbons (Fsp3) is 0.481. The first-order valence-electron chi connectivity index (χ1n) is 12.4. The second-order valence-corrected chi connectivity index (χ2v) is 10.7. The minimum Gasteiger partial charge on any atom is -0.497 e. The normalized spacial score (nSPS) is 11.9. The van der Waals surface area contributed by atoms with Crippen LogP contribution in [0.3, 0.4) is 0 Å². The molecule has 0 aliphatic rings. The van der Waals surface area contributed by atoms with E-state index in [4.69, 9.17) is 9.47 Å². The summed E-state index contributed by atoms with van der Waals surface area (Å²) in [5.41, 5.74) is 2.05. The molecule has 0 aliphatic carbocycles. The van der Waals surface area contributed by atoms with Crippen LogP contribution in [-0.4, -0.2) is 64.7 Å². The van der Waals surface area contributed by atoms with E-state index >= 15 is 0 Å². The summed E-state index contributed by atoms with van der Waals surface area (Å²) < 4.78 is 37.3. The third-order valence-electron chi connectivity index (χ3n) is 6.15. The van der Waals surface area contributed by atoms with Gasteiger partial charge in [-0.1, -0.05) is 44.5 Å². The van der Waals surface area contributed by atoms with Gasteiger partial charge < -0.3 is 19.7 Å². The van der Waals surface area contributed by atoms with Crippen molar-refractivity contribution in [2.24, 2.45) is 0 Å². The van der Waals surface area contributed by atoms with Gasteiger partial charge >= 0.3 is 0 Å². The van der Waals surface area contributed by atoms with Crippen LogP contribution in [-0.2, 0) is 26.2 Å². The number of sulfonamides is 1. The van der Waals surface area contributed by atoms with Gasteiger partial charge in [0.15, 0.2) is 0 Å². The number of nitrogens with zero attached hydrogens (tertiary/aromatic N) is 2. The molecule has 37 heavy (non-hydrogen) atoms. The number of nitrogens with one attached hydrogen (secondary N) is 1. The fourth-order valence-corrected chi connectivity index (χ4v) is 4.84. The van der Waals surface area contributed by atoms with Gasteiger partial charge in [0.05, 0.1) is 26.2 Å². The molecule has 204 valence electrons. The SMILES string of the molecule is CCCCNC(=O)[C@H](CC)N(Cc1ccccc1C)C(=O)CN(c1ccc(OC)cc1OC)S(C)(=O)=O. The third-order valence-corrected chi connectivity index (χ3v) is 7.28. The third kappa shape index (κ3) is 8.11. The second-order valence-electron chi connectivity index (χ2n) is 8.82. The summed E-state index contributed by atoms with van der Waals surface area (Å²) in [5.74, 6) is -0.0291. The van der Waals surface area contributed by atoms with E-state index in [9.17, 15) is 18.0 Å². The predicted octanol–water partition coefficient (Wildman–Crippen LogP) is 3.50. The minimum atomic E-state index is -3.89. The van der Waals surface area contributed by atoms with Gasteiger partial charge in [0.1, 0.15) is 24.1 Å². The average molecular weight is 534 g/mol. The van der Waals surface area contributed by atoms with Gasteiger partial charge in [-0.25, -0.2) is 8.42 Å². The monoisotopic (exact) mass is 533 g/mol. The Morgan fingerprint density at radius 3 is 2.32 bits per heavy atom. The number of methoxy groups -OCH3 is 2. The first-order chi connectivity index (χ1) is 17.6. The Morgan fingerprint density at radius 2 is 1.76 bits per heavy atom. The number of carbonyl (C=O) groups is 2. The van der Waals surface area contributed by atoms with Crippen molar-refractivity contribution < 1.29 is 27.5 Å². The molecule has 0 bridgehead atoms. The van der Waals surface area contributed by atoms with Crippen LogP contribution in [0.1, 0.15) is 44.2 Å². The number of ether oxygens (including phenoxy) is 2. The molecule has 0 spiro atoms. The highest BCUT2D eigenvalue weighted by Gasteiger charge is 2.32. The molecule has 1 N–H and O–H groups in total.